The minimum atomic E-state index is 0. The molecule has 8 heteroatoms. The third-order valence-corrected chi connectivity index (χ3v) is 5.41. The second-order valence-electron chi connectivity index (χ2n) is 6.07. The maximum Gasteiger partial charge on any atom is 0.132 e. The van der Waals surface area contributed by atoms with Gasteiger partial charge in [0.15, 0.2) is 0 Å². The second kappa shape index (κ2) is 10.9. The van der Waals surface area contributed by atoms with E-state index < -0.39 is 0 Å². The molecule has 26 heavy (non-hydrogen) atoms. The van der Waals surface area contributed by atoms with Crippen molar-refractivity contribution in [2.75, 3.05) is 34.4 Å². The average molecular weight is 420 g/mol. The molecule has 0 aliphatic carbocycles. The van der Waals surface area contributed by atoms with Crippen LogP contribution in [-0.4, -0.2) is 50.3 Å². The first-order valence-corrected chi connectivity index (χ1v) is 9.18. The lowest BCUT2D eigenvalue weighted by atomic mass is 10.1. The molecule has 1 fully saturated rings. The summed E-state index contributed by atoms with van der Waals surface area (Å²) in [7, 11) is 5.39. The van der Waals surface area contributed by atoms with E-state index >= 15 is 0 Å². The number of hydrogen-bond donors (Lipinski definition) is 1. The number of hydrogen-bond acceptors (Lipinski definition) is 6. The smallest absolute Gasteiger partial charge is 0.132 e. The van der Waals surface area contributed by atoms with Gasteiger partial charge >= 0.3 is 0 Å². The fourth-order valence-electron chi connectivity index (χ4n) is 3.14. The molecule has 1 atom stereocenters. The molecule has 0 saturated carbocycles. The van der Waals surface area contributed by atoms with Gasteiger partial charge < -0.3 is 14.8 Å². The summed E-state index contributed by atoms with van der Waals surface area (Å²) in [5.74, 6) is 1.59. The summed E-state index contributed by atoms with van der Waals surface area (Å²) in [5.41, 5.74) is 2.14. The van der Waals surface area contributed by atoms with Gasteiger partial charge in [-0.25, -0.2) is 4.98 Å². The van der Waals surface area contributed by atoms with Crippen LogP contribution in [0.4, 0.5) is 0 Å². The zero-order valence-electron chi connectivity index (χ0n) is 15.4. The largest absolute Gasteiger partial charge is 0.497 e. The molecular weight excluding hydrogens is 393 g/mol. The molecule has 0 amide bonds. The van der Waals surface area contributed by atoms with Gasteiger partial charge in [-0.1, -0.05) is 0 Å². The van der Waals surface area contributed by atoms with Crippen molar-refractivity contribution in [3.8, 4) is 22.1 Å². The maximum absolute atomic E-state index is 5.50. The van der Waals surface area contributed by atoms with E-state index in [2.05, 4.69) is 15.6 Å². The minimum Gasteiger partial charge on any atom is -0.497 e. The highest BCUT2D eigenvalue weighted by Crippen LogP contribution is 2.35. The Hall–Kier alpha value is -1.05. The molecule has 1 saturated heterocycles. The molecule has 3 rings (SSSR count). The highest BCUT2D eigenvalue weighted by molar-refractivity contribution is 7.13. The van der Waals surface area contributed by atoms with E-state index in [0.717, 1.165) is 47.4 Å². The first-order chi connectivity index (χ1) is 11.7. The van der Waals surface area contributed by atoms with Crippen molar-refractivity contribution in [3.63, 3.8) is 0 Å². The number of ether oxygens (including phenoxy) is 2. The zero-order valence-corrected chi connectivity index (χ0v) is 17.8. The van der Waals surface area contributed by atoms with Gasteiger partial charge in [0.1, 0.15) is 16.5 Å². The van der Waals surface area contributed by atoms with Crippen molar-refractivity contribution in [1.82, 2.24) is 15.2 Å². The lowest BCUT2D eigenvalue weighted by Gasteiger charge is -2.31. The van der Waals surface area contributed by atoms with Crippen LogP contribution in [0.2, 0.25) is 0 Å². The third-order valence-electron chi connectivity index (χ3n) is 4.49. The lowest BCUT2D eigenvalue weighted by Crippen LogP contribution is -2.43. The van der Waals surface area contributed by atoms with Gasteiger partial charge in [-0.05, 0) is 38.6 Å². The van der Waals surface area contributed by atoms with E-state index in [1.54, 1.807) is 25.6 Å². The summed E-state index contributed by atoms with van der Waals surface area (Å²) < 4.78 is 10.8. The fraction of sp³-hybridized carbons (Fsp3) is 0.500. The highest BCUT2D eigenvalue weighted by atomic mass is 35.5. The molecule has 5 nitrogen and oxygen atoms in total. The second-order valence-corrected chi connectivity index (χ2v) is 6.93. The van der Waals surface area contributed by atoms with Crippen LogP contribution in [0.25, 0.3) is 10.6 Å². The Morgan fingerprint density at radius 3 is 2.77 bits per heavy atom. The lowest BCUT2D eigenvalue weighted by molar-refractivity contribution is 0.186. The number of benzene rings is 1. The van der Waals surface area contributed by atoms with Gasteiger partial charge in [0.25, 0.3) is 0 Å². The van der Waals surface area contributed by atoms with Gasteiger partial charge in [0, 0.05) is 30.6 Å². The van der Waals surface area contributed by atoms with Gasteiger partial charge in [-0.3, -0.25) is 4.90 Å². The fourth-order valence-corrected chi connectivity index (χ4v) is 3.98. The van der Waals surface area contributed by atoms with E-state index in [1.807, 2.05) is 25.2 Å². The Balaban J connectivity index is 0.00000169. The van der Waals surface area contributed by atoms with E-state index in [-0.39, 0.29) is 24.8 Å². The molecule has 1 aliphatic rings. The number of likely N-dealkylation sites (N-methyl/N-ethyl adjacent to an activating group) is 1. The molecule has 0 spiro atoms. The number of likely N-dealkylation sites (tertiary alicyclic amines) is 1. The van der Waals surface area contributed by atoms with Crippen LogP contribution >= 0.6 is 36.2 Å². The van der Waals surface area contributed by atoms with Crippen LogP contribution in [0, 0.1) is 0 Å². The molecule has 1 aliphatic heterocycles. The van der Waals surface area contributed by atoms with E-state index in [9.17, 15) is 0 Å². The first kappa shape index (κ1) is 23.0. The highest BCUT2D eigenvalue weighted by Gasteiger charge is 2.19. The van der Waals surface area contributed by atoms with Gasteiger partial charge in [-0.2, -0.15) is 0 Å². The predicted octanol–water partition coefficient (Wildman–Crippen LogP) is 3.85. The molecular formula is C18H27Cl2N3O2S. The van der Waals surface area contributed by atoms with Crippen LogP contribution in [0.1, 0.15) is 18.5 Å². The van der Waals surface area contributed by atoms with Crippen molar-refractivity contribution < 1.29 is 9.47 Å². The molecule has 1 unspecified atom stereocenters. The van der Waals surface area contributed by atoms with Crippen molar-refractivity contribution >= 4 is 36.2 Å². The molecule has 2 aromatic rings. The minimum absolute atomic E-state index is 0. The maximum atomic E-state index is 5.50. The summed E-state index contributed by atoms with van der Waals surface area (Å²) in [6, 6.07) is 6.45. The van der Waals surface area contributed by atoms with Crippen LogP contribution in [0.5, 0.6) is 11.5 Å². The Bertz CT molecular complexity index is 684. The summed E-state index contributed by atoms with van der Waals surface area (Å²) in [5, 5.41) is 6.54. The van der Waals surface area contributed by atoms with Crippen LogP contribution in [0.3, 0.4) is 0 Å². The van der Waals surface area contributed by atoms with E-state index in [0.29, 0.717) is 6.04 Å². The zero-order chi connectivity index (χ0) is 16.9. The van der Waals surface area contributed by atoms with Crippen molar-refractivity contribution in [2.45, 2.75) is 25.4 Å². The van der Waals surface area contributed by atoms with E-state index in [4.69, 9.17) is 14.5 Å². The SMILES string of the molecule is CNC1CCCN(Cc2csc(-c3ccc(OC)cc3OC)n2)C1.Cl.Cl. The number of thiazole rings is 1. The number of rotatable bonds is 6. The topological polar surface area (TPSA) is 46.6 Å². The standard InChI is InChI=1S/C18H25N3O2S.2ClH/c1-19-13-5-4-8-21(10-13)11-14-12-24-18(20-14)16-7-6-15(22-2)9-17(16)23-3;;/h6-7,9,12-13,19H,4-5,8,10-11H2,1-3H3;2*1H. The molecule has 0 bridgehead atoms. The van der Waals surface area contributed by atoms with Crippen molar-refractivity contribution in [2.24, 2.45) is 0 Å². The third kappa shape index (κ3) is 5.47. The predicted molar refractivity (Wildman–Crippen MR) is 113 cm³/mol. The molecule has 146 valence electrons. The van der Waals surface area contributed by atoms with Gasteiger partial charge in [0.05, 0.1) is 25.5 Å². The van der Waals surface area contributed by atoms with Gasteiger partial charge in [-0.15, -0.1) is 36.2 Å². The molecule has 1 N–H and O–H groups in total. The van der Waals surface area contributed by atoms with Crippen molar-refractivity contribution in [1.29, 1.82) is 0 Å². The van der Waals surface area contributed by atoms with Crippen LogP contribution in [-0.2, 0) is 6.54 Å². The Kier molecular flexibility index (Phi) is 9.68. The summed E-state index contributed by atoms with van der Waals surface area (Å²) in [6.07, 6.45) is 2.51. The van der Waals surface area contributed by atoms with Crippen LogP contribution < -0.4 is 14.8 Å². The summed E-state index contributed by atoms with van der Waals surface area (Å²) in [4.78, 5) is 7.31. The average Bonchev–Trinajstić information content (AvgIpc) is 3.09. The monoisotopic (exact) mass is 419 g/mol. The molecule has 0 radical (unpaired) electrons. The van der Waals surface area contributed by atoms with Gasteiger partial charge in [0.2, 0.25) is 0 Å². The summed E-state index contributed by atoms with van der Waals surface area (Å²) in [6.45, 7) is 3.15. The number of halogens is 2. The first-order valence-electron chi connectivity index (χ1n) is 8.30. The van der Waals surface area contributed by atoms with Crippen molar-refractivity contribution in [3.05, 3.63) is 29.3 Å². The number of aromatic nitrogens is 1. The molecule has 1 aromatic carbocycles. The summed E-state index contributed by atoms with van der Waals surface area (Å²) >= 11 is 1.67. The molecule has 2 heterocycles. The Labute approximate surface area is 171 Å². The number of methoxy groups -OCH3 is 2. The Morgan fingerprint density at radius 2 is 2.08 bits per heavy atom. The quantitative estimate of drug-likeness (QED) is 0.769. The number of piperidine rings is 1. The van der Waals surface area contributed by atoms with Crippen LogP contribution in [0.15, 0.2) is 23.6 Å². The Morgan fingerprint density at radius 1 is 1.27 bits per heavy atom. The molecule has 1 aromatic heterocycles. The number of nitrogens with zero attached hydrogens (tertiary/aromatic N) is 2. The normalized spacial score (nSPS) is 17.1. The van der Waals surface area contributed by atoms with E-state index in [1.165, 1.54) is 12.8 Å². The number of nitrogens with one attached hydrogen (secondary N) is 1.